The molecule has 0 aromatic carbocycles. The van der Waals surface area contributed by atoms with Crippen LogP contribution in [0.3, 0.4) is 0 Å². The van der Waals surface area contributed by atoms with Crippen LogP contribution >= 0.6 is 0 Å². The lowest BCUT2D eigenvalue weighted by atomic mass is 10.1. The number of carbonyl (C=O) groups is 1. The molecular weight excluding hydrogens is 132 g/mol. The minimum absolute atomic E-state index is 0.124. The average Bonchev–Trinajstić information content (AvgIpc) is 2.34. The molecule has 1 unspecified atom stereocenters. The second-order valence-electron chi connectivity index (χ2n) is 2.36. The van der Waals surface area contributed by atoms with Crippen LogP contribution in [0.4, 0.5) is 0 Å². The molecule has 0 amide bonds. The number of nitrogens with one attached hydrogen (secondary N) is 1. The van der Waals surface area contributed by atoms with Gasteiger partial charge in [0.15, 0.2) is 0 Å². The highest BCUT2D eigenvalue weighted by atomic mass is 16.4. The third kappa shape index (κ3) is 1.25. The molecule has 0 bridgehead atoms. The van der Waals surface area contributed by atoms with Crippen molar-refractivity contribution in [3.8, 4) is 6.07 Å². The SMILES string of the molecule is N#CC1CN[C@H](C(=O)O)C1. The van der Waals surface area contributed by atoms with Gasteiger partial charge in [-0.05, 0) is 6.42 Å². The fourth-order valence-electron chi connectivity index (χ4n) is 1.02. The number of nitriles is 1. The van der Waals surface area contributed by atoms with Crippen molar-refractivity contribution in [2.24, 2.45) is 5.92 Å². The first-order valence-electron chi connectivity index (χ1n) is 3.10. The molecule has 1 heterocycles. The Hall–Kier alpha value is -1.08. The Bertz CT molecular complexity index is 185. The number of hydrogen-bond donors (Lipinski definition) is 2. The van der Waals surface area contributed by atoms with Crippen molar-refractivity contribution in [2.75, 3.05) is 6.54 Å². The Labute approximate surface area is 58.5 Å². The van der Waals surface area contributed by atoms with Gasteiger partial charge in [-0.2, -0.15) is 5.26 Å². The van der Waals surface area contributed by atoms with Gasteiger partial charge >= 0.3 is 5.97 Å². The van der Waals surface area contributed by atoms with Crippen molar-refractivity contribution >= 4 is 5.97 Å². The zero-order chi connectivity index (χ0) is 7.56. The van der Waals surface area contributed by atoms with E-state index in [1.54, 1.807) is 0 Å². The minimum Gasteiger partial charge on any atom is -0.480 e. The number of rotatable bonds is 1. The Balaban J connectivity index is 2.45. The summed E-state index contributed by atoms with van der Waals surface area (Å²) < 4.78 is 0. The average molecular weight is 140 g/mol. The highest BCUT2D eigenvalue weighted by Crippen LogP contribution is 2.12. The zero-order valence-corrected chi connectivity index (χ0v) is 5.37. The van der Waals surface area contributed by atoms with Gasteiger partial charge in [-0.3, -0.25) is 4.79 Å². The number of aliphatic carboxylic acids is 1. The summed E-state index contributed by atoms with van der Waals surface area (Å²) in [5.41, 5.74) is 0. The van der Waals surface area contributed by atoms with Gasteiger partial charge in [-0.25, -0.2) is 0 Å². The molecule has 2 N–H and O–H groups in total. The van der Waals surface area contributed by atoms with E-state index in [0.29, 0.717) is 13.0 Å². The summed E-state index contributed by atoms with van der Waals surface area (Å²) in [4.78, 5) is 10.3. The predicted octanol–water partition coefficient (Wildman–Crippen LogP) is -0.427. The molecule has 0 saturated carbocycles. The van der Waals surface area contributed by atoms with E-state index < -0.39 is 12.0 Å². The van der Waals surface area contributed by atoms with Crippen molar-refractivity contribution in [3.63, 3.8) is 0 Å². The molecule has 0 radical (unpaired) electrons. The molecule has 1 rings (SSSR count). The summed E-state index contributed by atoms with van der Waals surface area (Å²) in [6.45, 7) is 0.507. The van der Waals surface area contributed by atoms with Gasteiger partial charge in [-0.15, -0.1) is 0 Å². The van der Waals surface area contributed by atoms with E-state index in [4.69, 9.17) is 10.4 Å². The van der Waals surface area contributed by atoms with Gasteiger partial charge in [0.05, 0.1) is 12.0 Å². The predicted molar refractivity (Wildman–Crippen MR) is 33.1 cm³/mol. The van der Waals surface area contributed by atoms with Gasteiger partial charge in [0.25, 0.3) is 0 Å². The standard InChI is InChI=1S/C6H8N2O2/c7-2-4-1-5(6(9)10)8-3-4/h4-5,8H,1,3H2,(H,9,10)/t4?,5-/m0/s1. The lowest BCUT2D eigenvalue weighted by Gasteiger charge is -1.99. The van der Waals surface area contributed by atoms with Gasteiger partial charge in [0.2, 0.25) is 0 Å². The van der Waals surface area contributed by atoms with Crippen LogP contribution in [-0.2, 0) is 4.79 Å². The second kappa shape index (κ2) is 2.67. The third-order valence-corrected chi connectivity index (χ3v) is 1.61. The molecule has 0 aromatic heterocycles. The van der Waals surface area contributed by atoms with Crippen molar-refractivity contribution in [3.05, 3.63) is 0 Å². The van der Waals surface area contributed by atoms with Gasteiger partial charge in [0.1, 0.15) is 6.04 Å². The quantitative estimate of drug-likeness (QED) is 0.518. The lowest BCUT2D eigenvalue weighted by Crippen LogP contribution is -2.29. The maximum absolute atomic E-state index is 10.3. The Morgan fingerprint density at radius 2 is 2.50 bits per heavy atom. The summed E-state index contributed by atoms with van der Waals surface area (Å²) in [5, 5.41) is 19.6. The largest absolute Gasteiger partial charge is 0.480 e. The summed E-state index contributed by atoms with van der Waals surface area (Å²) in [6.07, 6.45) is 0.436. The Morgan fingerprint density at radius 3 is 2.80 bits per heavy atom. The Kier molecular flexibility index (Phi) is 1.88. The van der Waals surface area contributed by atoms with Crippen molar-refractivity contribution in [2.45, 2.75) is 12.5 Å². The Morgan fingerprint density at radius 1 is 1.80 bits per heavy atom. The van der Waals surface area contributed by atoms with Crippen LogP contribution in [0.5, 0.6) is 0 Å². The summed E-state index contributed by atoms with van der Waals surface area (Å²) in [6, 6.07) is 1.51. The molecular formula is C6H8N2O2. The molecule has 1 fully saturated rings. The monoisotopic (exact) mass is 140 g/mol. The van der Waals surface area contributed by atoms with Gasteiger partial charge < -0.3 is 10.4 Å². The maximum atomic E-state index is 10.3. The van der Waals surface area contributed by atoms with Crippen molar-refractivity contribution in [1.29, 1.82) is 5.26 Å². The van der Waals surface area contributed by atoms with E-state index in [1.165, 1.54) is 0 Å². The number of carboxylic acids is 1. The van der Waals surface area contributed by atoms with Crippen LogP contribution in [0.25, 0.3) is 0 Å². The fraction of sp³-hybridized carbons (Fsp3) is 0.667. The number of nitrogens with zero attached hydrogens (tertiary/aromatic N) is 1. The van der Waals surface area contributed by atoms with Gasteiger partial charge in [0, 0.05) is 6.54 Å². The molecule has 54 valence electrons. The topological polar surface area (TPSA) is 73.1 Å². The van der Waals surface area contributed by atoms with Crippen LogP contribution in [0, 0.1) is 17.2 Å². The molecule has 4 nitrogen and oxygen atoms in total. The maximum Gasteiger partial charge on any atom is 0.320 e. The summed E-state index contributed by atoms with van der Waals surface area (Å²) in [7, 11) is 0. The van der Waals surface area contributed by atoms with Crippen LogP contribution in [0.15, 0.2) is 0 Å². The molecule has 0 aliphatic carbocycles. The van der Waals surface area contributed by atoms with E-state index >= 15 is 0 Å². The van der Waals surface area contributed by atoms with Crippen molar-refractivity contribution < 1.29 is 9.90 Å². The van der Waals surface area contributed by atoms with E-state index in [-0.39, 0.29) is 5.92 Å². The lowest BCUT2D eigenvalue weighted by molar-refractivity contribution is -0.139. The van der Waals surface area contributed by atoms with Crippen LogP contribution in [0.1, 0.15) is 6.42 Å². The summed E-state index contributed by atoms with van der Waals surface area (Å²) >= 11 is 0. The molecule has 4 heteroatoms. The molecule has 1 saturated heterocycles. The first kappa shape index (κ1) is 7.03. The normalized spacial score (nSPS) is 31.5. The highest BCUT2D eigenvalue weighted by Gasteiger charge is 2.28. The molecule has 1 aliphatic heterocycles. The van der Waals surface area contributed by atoms with Crippen LogP contribution < -0.4 is 5.32 Å². The van der Waals surface area contributed by atoms with Crippen LogP contribution in [0.2, 0.25) is 0 Å². The van der Waals surface area contributed by atoms with E-state index in [1.807, 2.05) is 6.07 Å². The van der Waals surface area contributed by atoms with Gasteiger partial charge in [-0.1, -0.05) is 0 Å². The third-order valence-electron chi connectivity index (χ3n) is 1.61. The molecule has 10 heavy (non-hydrogen) atoms. The first-order valence-corrected chi connectivity index (χ1v) is 3.10. The first-order chi connectivity index (χ1) is 4.74. The van der Waals surface area contributed by atoms with E-state index in [2.05, 4.69) is 5.32 Å². The zero-order valence-electron chi connectivity index (χ0n) is 5.37. The van der Waals surface area contributed by atoms with E-state index in [9.17, 15) is 4.79 Å². The molecule has 1 aliphatic rings. The second-order valence-corrected chi connectivity index (χ2v) is 2.36. The minimum atomic E-state index is -0.863. The summed E-state index contributed by atoms with van der Waals surface area (Å²) in [5.74, 6) is -0.987. The van der Waals surface area contributed by atoms with Crippen molar-refractivity contribution in [1.82, 2.24) is 5.32 Å². The highest BCUT2D eigenvalue weighted by molar-refractivity contribution is 5.73. The fourth-order valence-corrected chi connectivity index (χ4v) is 1.02. The smallest absolute Gasteiger partial charge is 0.320 e. The van der Waals surface area contributed by atoms with E-state index in [0.717, 1.165) is 0 Å². The number of hydrogen-bond acceptors (Lipinski definition) is 3. The molecule has 0 aromatic rings. The number of carboxylic acid groups (broad SMARTS) is 1. The molecule has 0 spiro atoms. The van der Waals surface area contributed by atoms with Crippen LogP contribution in [-0.4, -0.2) is 23.7 Å². The molecule has 2 atom stereocenters.